The van der Waals surface area contributed by atoms with E-state index in [9.17, 15) is 14.9 Å². The van der Waals surface area contributed by atoms with Gasteiger partial charge in [0.2, 0.25) is 0 Å². The number of carbonyl (C=O) groups excluding carboxylic acids is 1. The highest BCUT2D eigenvalue weighted by Gasteiger charge is 2.14. The Morgan fingerprint density at radius 3 is 2.46 bits per heavy atom. The first-order valence-corrected chi connectivity index (χ1v) is 7.79. The second kappa shape index (κ2) is 7.43. The molecule has 1 heterocycles. The van der Waals surface area contributed by atoms with Gasteiger partial charge in [0.05, 0.1) is 10.5 Å². The van der Waals surface area contributed by atoms with Crippen molar-refractivity contribution >= 4 is 17.4 Å². The second-order valence-electron chi connectivity index (χ2n) is 5.47. The monoisotopic (exact) mass is 349 g/mol. The second-order valence-corrected chi connectivity index (χ2v) is 5.47. The van der Waals surface area contributed by atoms with Crippen molar-refractivity contribution in [3.63, 3.8) is 0 Å². The molecule has 3 rings (SSSR count). The number of para-hydroxylation sites is 1. The number of carbonyl (C=O) groups is 1. The number of aromatic nitrogens is 1. The summed E-state index contributed by atoms with van der Waals surface area (Å²) in [6.45, 7) is 1.83. The lowest BCUT2D eigenvalue weighted by molar-refractivity contribution is -0.384. The van der Waals surface area contributed by atoms with Crippen LogP contribution in [0.3, 0.4) is 0 Å². The largest absolute Gasteiger partial charge is 0.457 e. The average Bonchev–Trinajstić information content (AvgIpc) is 2.62. The summed E-state index contributed by atoms with van der Waals surface area (Å²) in [7, 11) is 0. The molecule has 3 aromatic rings. The quantitative estimate of drug-likeness (QED) is 0.546. The molecule has 2 aromatic carbocycles. The fraction of sp³-hybridized carbons (Fsp3) is 0.0526. The highest BCUT2D eigenvalue weighted by atomic mass is 16.6. The molecule has 1 aromatic heterocycles. The number of benzene rings is 2. The molecule has 7 heteroatoms. The van der Waals surface area contributed by atoms with E-state index in [2.05, 4.69) is 10.3 Å². The number of hydrogen-bond donors (Lipinski definition) is 1. The molecule has 0 aliphatic heterocycles. The van der Waals surface area contributed by atoms with E-state index < -0.39 is 4.92 Å². The molecule has 0 fully saturated rings. The maximum atomic E-state index is 12.6. The third kappa shape index (κ3) is 4.02. The highest BCUT2D eigenvalue weighted by molar-refractivity contribution is 6.05. The molecule has 0 saturated carbocycles. The summed E-state index contributed by atoms with van der Waals surface area (Å²) in [5, 5.41) is 13.4. The maximum Gasteiger partial charge on any atom is 0.269 e. The van der Waals surface area contributed by atoms with E-state index >= 15 is 0 Å². The van der Waals surface area contributed by atoms with Gasteiger partial charge in [0.25, 0.3) is 11.6 Å². The lowest BCUT2D eigenvalue weighted by Crippen LogP contribution is -2.14. The number of pyridine rings is 1. The summed E-state index contributed by atoms with van der Waals surface area (Å²) < 4.78 is 5.72. The van der Waals surface area contributed by atoms with E-state index in [1.54, 1.807) is 36.4 Å². The smallest absolute Gasteiger partial charge is 0.269 e. The summed E-state index contributed by atoms with van der Waals surface area (Å²) in [4.78, 5) is 27.0. The Labute approximate surface area is 149 Å². The Kier molecular flexibility index (Phi) is 4.89. The number of nitro benzene ring substituents is 1. The summed E-state index contributed by atoms with van der Waals surface area (Å²) >= 11 is 0. The topological polar surface area (TPSA) is 94.4 Å². The number of nitrogens with one attached hydrogen (secondary N) is 1. The molecule has 0 bridgehead atoms. The fourth-order valence-electron chi connectivity index (χ4n) is 2.30. The van der Waals surface area contributed by atoms with E-state index in [-0.39, 0.29) is 11.6 Å². The van der Waals surface area contributed by atoms with Gasteiger partial charge in [-0.2, -0.15) is 0 Å². The molecular formula is C19H15N3O4. The van der Waals surface area contributed by atoms with Crippen molar-refractivity contribution in [3.8, 4) is 11.5 Å². The average molecular weight is 349 g/mol. The van der Waals surface area contributed by atoms with Crippen LogP contribution in [0.5, 0.6) is 11.5 Å². The molecule has 0 atom stereocenters. The van der Waals surface area contributed by atoms with Gasteiger partial charge in [-0.3, -0.25) is 14.9 Å². The van der Waals surface area contributed by atoms with Crippen LogP contribution >= 0.6 is 0 Å². The molecule has 0 radical (unpaired) electrons. The van der Waals surface area contributed by atoms with Crippen LogP contribution in [0, 0.1) is 17.0 Å². The van der Waals surface area contributed by atoms with Gasteiger partial charge in [0.15, 0.2) is 0 Å². The summed E-state index contributed by atoms with van der Waals surface area (Å²) in [6, 6.07) is 17.7. The Balaban J connectivity index is 1.81. The number of rotatable bonds is 5. The van der Waals surface area contributed by atoms with E-state index in [1.165, 1.54) is 24.3 Å². The van der Waals surface area contributed by atoms with Crippen LogP contribution in [-0.4, -0.2) is 15.8 Å². The Hall–Kier alpha value is -3.74. The van der Waals surface area contributed by atoms with Crippen LogP contribution in [-0.2, 0) is 0 Å². The lowest BCUT2D eigenvalue weighted by Gasteiger charge is -2.11. The van der Waals surface area contributed by atoms with Gasteiger partial charge in [-0.05, 0) is 43.3 Å². The first kappa shape index (κ1) is 17.1. The molecule has 0 aliphatic carbocycles. The predicted octanol–water partition coefficient (Wildman–Crippen LogP) is 4.34. The number of nitro groups is 1. The first-order chi connectivity index (χ1) is 12.5. The minimum absolute atomic E-state index is 0.0334. The number of non-ortho nitro benzene ring substituents is 1. The molecule has 0 aliphatic rings. The molecular weight excluding hydrogens is 334 g/mol. The van der Waals surface area contributed by atoms with E-state index in [4.69, 9.17) is 4.74 Å². The Bertz CT molecular complexity index is 955. The zero-order chi connectivity index (χ0) is 18.5. The van der Waals surface area contributed by atoms with Crippen LogP contribution in [0.25, 0.3) is 0 Å². The van der Waals surface area contributed by atoms with Gasteiger partial charge in [0, 0.05) is 17.8 Å². The van der Waals surface area contributed by atoms with Gasteiger partial charge in [-0.15, -0.1) is 0 Å². The van der Waals surface area contributed by atoms with Crippen LogP contribution in [0.4, 0.5) is 11.5 Å². The molecule has 1 amide bonds. The fourth-order valence-corrected chi connectivity index (χ4v) is 2.30. The zero-order valence-corrected chi connectivity index (χ0v) is 13.9. The molecule has 7 nitrogen and oxygen atoms in total. The van der Waals surface area contributed by atoms with Crippen molar-refractivity contribution in [2.24, 2.45) is 0 Å². The van der Waals surface area contributed by atoms with E-state index in [1.807, 2.05) is 13.0 Å². The van der Waals surface area contributed by atoms with Crippen molar-refractivity contribution in [1.82, 2.24) is 4.98 Å². The molecule has 1 N–H and O–H groups in total. The van der Waals surface area contributed by atoms with Gasteiger partial charge in [-0.1, -0.05) is 18.2 Å². The molecule has 0 unspecified atom stereocenters. The normalized spacial score (nSPS) is 10.2. The van der Waals surface area contributed by atoms with Gasteiger partial charge in [0.1, 0.15) is 17.3 Å². The van der Waals surface area contributed by atoms with Crippen molar-refractivity contribution in [3.05, 3.63) is 88.1 Å². The number of amides is 1. The van der Waals surface area contributed by atoms with Crippen molar-refractivity contribution in [2.75, 3.05) is 5.32 Å². The Morgan fingerprint density at radius 1 is 1.04 bits per heavy atom. The SMILES string of the molecule is Cc1cccc(NC(=O)c2ccccc2Oc2ccc([N+](=O)[O-])cc2)n1. The maximum absolute atomic E-state index is 12.6. The van der Waals surface area contributed by atoms with Gasteiger partial charge >= 0.3 is 0 Å². The number of hydrogen-bond acceptors (Lipinski definition) is 5. The van der Waals surface area contributed by atoms with Crippen LogP contribution < -0.4 is 10.1 Å². The zero-order valence-electron chi connectivity index (χ0n) is 13.9. The summed E-state index contributed by atoms with van der Waals surface area (Å²) in [6.07, 6.45) is 0. The van der Waals surface area contributed by atoms with Gasteiger partial charge in [-0.25, -0.2) is 4.98 Å². The Morgan fingerprint density at radius 2 is 1.77 bits per heavy atom. The van der Waals surface area contributed by atoms with Crippen molar-refractivity contribution in [1.29, 1.82) is 0 Å². The summed E-state index contributed by atoms with van der Waals surface area (Å²) in [5.41, 5.74) is 1.08. The van der Waals surface area contributed by atoms with E-state index in [0.29, 0.717) is 22.9 Å². The molecule has 0 saturated heterocycles. The van der Waals surface area contributed by atoms with Gasteiger partial charge < -0.3 is 10.1 Å². The predicted molar refractivity (Wildman–Crippen MR) is 96.5 cm³/mol. The van der Waals surface area contributed by atoms with Crippen LogP contribution in [0.15, 0.2) is 66.7 Å². The van der Waals surface area contributed by atoms with Crippen molar-refractivity contribution in [2.45, 2.75) is 6.92 Å². The highest BCUT2D eigenvalue weighted by Crippen LogP contribution is 2.27. The minimum Gasteiger partial charge on any atom is -0.457 e. The number of aryl methyl sites for hydroxylation is 1. The van der Waals surface area contributed by atoms with E-state index in [0.717, 1.165) is 5.69 Å². The lowest BCUT2D eigenvalue weighted by atomic mass is 10.2. The third-order valence-electron chi connectivity index (χ3n) is 3.54. The molecule has 26 heavy (non-hydrogen) atoms. The number of anilines is 1. The standard InChI is InChI=1S/C19H15N3O4/c1-13-5-4-8-18(20-13)21-19(23)16-6-2-3-7-17(16)26-15-11-9-14(10-12-15)22(24)25/h2-12H,1H3,(H,20,21,23). The number of ether oxygens (including phenoxy) is 1. The first-order valence-electron chi connectivity index (χ1n) is 7.79. The third-order valence-corrected chi connectivity index (χ3v) is 3.54. The van der Waals surface area contributed by atoms with Crippen LogP contribution in [0.2, 0.25) is 0 Å². The van der Waals surface area contributed by atoms with Crippen LogP contribution in [0.1, 0.15) is 16.1 Å². The van der Waals surface area contributed by atoms with Crippen molar-refractivity contribution < 1.29 is 14.5 Å². The molecule has 130 valence electrons. The molecule has 0 spiro atoms. The number of nitrogens with zero attached hydrogens (tertiary/aromatic N) is 2. The summed E-state index contributed by atoms with van der Waals surface area (Å²) in [5.74, 6) is 0.816. The minimum atomic E-state index is -0.486.